The van der Waals surface area contributed by atoms with Crippen LogP contribution in [-0.4, -0.2) is 61.4 Å². The molecule has 0 bridgehead atoms. The van der Waals surface area contributed by atoms with Gasteiger partial charge in [-0.05, 0) is 19.4 Å². The second-order valence-corrected chi connectivity index (χ2v) is 4.99. The summed E-state index contributed by atoms with van der Waals surface area (Å²) in [6, 6.07) is 0.0170. The zero-order chi connectivity index (χ0) is 12.8. The molecule has 5 heteroatoms. The van der Waals surface area contributed by atoms with Gasteiger partial charge in [-0.1, -0.05) is 13.8 Å². The molecule has 0 saturated carbocycles. The highest BCUT2D eigenvalue weighted by atomic mass is 16.5. The van der Waals surface area contributed by atoms with Gasteiger partial charge in [0.1, 0.15) is 6.10 Å². The van der Waals surface area contributed by atoms with E-state index in [2.05, 4.69) is 10.2 Å². The van der Waals surface area contributed by atoms with E-state index in [1.54, 1.807) is 0 Å². The van der Waals surface area contributed by atoms with Gasteiger partial charge in [-0.2, -0.15) is 0 Å². The maximum Gasteiger partial charge on any atom is 0.250 e. The molecule has 1 heterocycles. The molecule has 1 rings (SSSR count). The summed E-state index contributed by atoms with van der Waals surface area (Å²) in [5.74, 6) is 0.246. The summed E-state index contributed by atoms with van der Waals surface area (Å²) in [5.41, 5.74) is 0. The predicted molar refractivity (Wildman–Crippen MR) is 65.7 cm³/mol. The van der Waals surface area contributed by atoms with E-state index in [4.69, 9.17) is 9.84 Å². The van der Waals surface area contributed by atoms with E-state index in [-0.39, 0.29) is 24.7 Å². The van der Waals surface area contributed by atoms with Crippen molar-refractivity contribution in [2.45, 2.75) is 32.4 Å². The molecule has 2 N–H and O–H groups in total. The molecule has 1 aliphatic rings. The molecule has 1 amide bonds. The van der Waals surface area contributed by atoms with Gasteiger partial charge in [0, 0.05) is 25.7 Å². The normalized spacial score (nSPS) is 23.7. The Morgan fingerprint density at radius 3 is 2.82 bits per heavy atom. The predicted octanol–water partition coefficient (Wildman–Crippen LogP) is -0.160. The second kappa shape index (κ2) is 6.93. The number of carbonyl (C=O) groups is 1. The number of ether oxygens (including phenoxy) is 1. The van der Waals surface area contributed by atoms with E-state index < -0.39 is 0 Å². The molecule has 1 saturated heterocycles. The molecule has 0 aromatic rings. The number of aliphatic hydroxyl groups excluding tert-OH is 1. The Hall–Kier alpha value is -0.650. The van der Waals surface area contributed by atoms with Gasteiger partial charge in [0.2, 0.25) is 0 Å². The number of hydrogen-bond acceptors (Lipinski definition) is 4. The van der Waals surface area contributed by atoms with Crippen molar-refractivity contribution in [3.63, 3.8) is 0 Å². The topological polar surface area (TPSA) is 61.8 Å². The lowest BCUT2D eigenvalue weighted by Crippen LogP contribution is -2.51. The van der Waals surface area contributed by atoms with Crippen LogP contribution < -0.4 is 5.32 Å². The van der Waals surface area contributed by atoms with Crippen molar-refractivity contribution in [1.29, 1.82) is 0 Å². The van der Waals surface area contributed by atoms with Crippen LogP contribution in [0.2, 0.25) is 0 Å². The molecule has 1 fully saturated rings. The number of aliphatic hydroxyl groups is 1. The van der Waals surface area contributed by atoms with E-state index in [0.29, 0.717) is 25.5 Å². The number of likely N-dealkylation sites (N-methyl/N-ethyl adjacent to an activating group) is 1. The monoisotopic (exact) mass is 244 g/mol. The summed E-state index contributed by atoms with van der Waals surface area (Å²) < 4.78 is 5.45. The minimum atomic E-state index is -0.381. The van der Waals surface area contributed by atoms with Crippen LogP contribution in [0.4, 0.5) is 0 Å². The Bertz CT molecular complexity index is 246. The van der Waals surface area contributed by atoms with Gasteiger partial charge in [-0.15, -0.1) is 0 Å². The largest absolute Gasteiger partial charge is 0.396 e. The van der Waals surface area contributed by atoms with E-state index in [1.807, 2.05) is 20.9 Å². The quantitative estimate of drug-likeness (QED) is 0.705. The Morgan fingerprint density at radius 1 is 1.59 bits per heavy atom. The number of rotatable bonds is 5. The molecule has 0 aliphatic carbocycles. The third-order valence-electron chi connectivity index (χ3n) is 3.13. The first-order chi connectivity index (χ1) is 8.04. The molecule has 2 atom stereocenters. The molecular formula is C12H24N2O3. The molecule has 5 nitrogen and oxygen atoms in total. The lowest BCUT2D eigenvalue weighted by atomic mass is 10.0. The fourth-order valence-corrected chi connectivity index (χ4v) is 1.92. The van der Waals surface area contributed by atoms with Crippen LogP contribution in [0.15, 0.2) is 0 Å². The first kappa shape index (κ1) is 14.4. The standard InChI is InChI=1S/C12H24N2O3/c1-9(2)10(4-6-15)13-12(16)11-8-14(3)5-7-17-11/h9-11,15H,4-8H2,1-3H3,(H,13,16). The molecule has 2 unspecified atom stereocenters. The highest BCUT2D eigenvalue weighted by molar-refractivity contribution is 5.81. The number of nitrogens with one attached hydrogen (secondary N) is 1. The Kier molecular flexibility index (Phi) is 5.88. The zero-order valence-corrected chi connectivity index (χ0v) is 11.0. The molecule has 0 aromatic heterocycles. The van der Waals surface area contributed by atoms with Crippen molar-refractivity contribution < 1.29 is 14.6 Å². The van der Waals surface area contributed by atoms with Gasteiger partial charge in [0.25, 0.3) is 5.91 Å². The number of amides is 1. The molecule has 17 heavy (non-hydrogen) atoms. The van der Waals surface area contributed by atoms with Crippen LogP contribution in [0.1, 0.15) is 20.3 Å². The number of morpholine rings is 1. The Morgan fingerprint density at radius 2 is 2.29 bits per heavy atom. The summed E-state index contributed by atoms with van der Waals surface area (Å²) in [6.45, 7) is 6.27. The average Bonchev–Trinajstić information content (AvgIpc) is 2.28. The number of nitrogens with zero attached hydrogens (tertiary/aromatic N) is 1. The third kappa shape index (κ3) is 4.61. The number of hydrogen-bond donors (Lipinski definition) is 2. The molecular weight excluding hydrogens is 220 g/mol. The maximum absolute atomic E-state index is 12.0. The van der Waals surface area contributed by atoms with Gasteiger partial charge in [-0.25, -0.2) is 0 Å². The van der Waals surface area contributed by atoms with Crippen LogP contribution in [0.25, 0.3) is 0 Å². The van der Waals surface area contributed by atoms with Crippen molar-refractivity contribution in [3.8, 4) is 0 Å². The SMILES string of the molecule is CC(C)C(CCO)NC(=O)C1CN(C)CCO1. The van der Waals surface area contributed by atoms with Crippen LogP contribution in [0.3, 0.4) is 0 Å². The van der Waals surface area contributed by atoms with Gasteiger partial charge >= 0.3 is 0 Å². The molecule has 0 radical (unpaired) electrons. The van der Waals surface area contributed by atoms with Crippen molar-refractivity contribution in [2.24, 2.45) is 5.92 Å². The first-order valence-corrected chi connectivity index (χ1v) is 6.26. The first-order valence-electron chi connectivity index (χ1n) is 6.26. The van der Waals surface area contributed by atoms with Crippen LogP contribution >= 0.6 is 0 Å². The van der Waals surface area contributed by atoms with Crippen molar-refractivity contribution in [1.82, 2.24) is 10.2 Å². The second-order valence-electron chi connectivity index (χ2n) is 4.99. The smallest absolute Gasteiger partial charge is 0.250 e. The third-order valence-corrected chi connectivity index (χ3v) is 3.13. The summed E-state index contributed by atoms with van der Waals surface area (Å²) in [7, 11) is 1.98. The van der Waals surface area contributed by atoms with Crippen LogP contribution in [0.5, 0.6) is 0 Å². The zero-order valence-electron chi connectivity index (χ0n) is 11.0. The number of carbonyl (C=O) groups excluding carboxylic acids is 1. The molecule has 0 spiro atoms. The molecule has 100 valence electrons. The van der Waals surface area contributed by atoms with E-state index in [0.717, 1.165) is 6.54 Å². The highest BCUT2D eigenvalue weighted by Crippen LogP contribution is 2.08. The van der Waals surface area contributed by atoms with Crippen molar-refractivity contribution in [3.05, 3.63) is 0 Å². The summed E-state index contributed by atoms with van der Waals surface area (Å²) in [4.78, 5) is 14.1. The van der Waals surface area contributed by atoms with Gasteiger partial charge in [-0.3, -0.25) is 4.79 Å². The van der Waals surface area contributed by atoms with Gasteiger partial charge < -0.3 is 20.1 Å². The maximum atomic E-state index is 12.0. The highest BCUT2D eigenvalue weighted by Gasteiger charge is 2.27. The Balaban J connectivity index is 2.45. The lowest BCUT2D eigenvalue weighted by Gasteiger charge is -2.31. The summed E-state index contributed by atoms with van der Waals surface area (Å²) >= 11 is 0. The minimum absolute atomic E-state index is 0.0170. The van der Waals surface area contributed by atoms with Crippen LogP contribution in [0, 0.1) is 5.92 Å². The fraction of sp³-hybridized carbons (Fsp3) is 0.917. The van der Waals surface area contributed by atoms with Gasteiger partial charge in [0.15, 0.2) is 0 Å². The Labute approximate surface area is 103 Å². The lowest BCUT2D eigenvalue weighted by molar-refractivity contribution is -0.139. The van der Waals surface area contributed by atoms with E-state index in [1.165, 1.54) is 0 Å². The molecule has 0 aromatic carbocycles. The van der Waals surface area contributed by atoms with E-state index >= 15 is 0 Å². The average molecular weight is 244 g/mol. The molecule has 1 aliphatic heterocycles. The van der Waals surface area contributed by atoms with E-state index in [9.17, 15) is 4.79 Å². The van der Waals surface area contributed by atoms with Crippen molar-refractivity contribution >= 4 is 5.91 Å². The summed E-state index contributed by atoms with van der Waals surface area (Å²) in [5, 5.41) is 11.9. The van der Waals surface area contributed by atoms with Crippen molar-refractivity contribution in [2.75, 3.05) is 33.4 Å². The summed E-state index contributed by atoms with van der Waals surface area (Å²) in [6.07, 6.45) is 0.208. The van der Waals surface area contributed by atoms with Gasteiger partial charge in [0.05, 0.1) is 6.61 Å². The fourth-order valence-electron chi connectivity index (χ4n) is 1.92. The minimum Gasteiger partial charge on any atom is -0.396 e. The van der Waals surface area contributed by atoms with Crippen LogP contribution in [-0.2, 0) is 9.53 Å².